The molecule has 88 valence electrons. The van der Waals surface area contributed by atoms with Gasteiger partial charge in [-0.3, -0.25) is 0 Å². The predicted octanol–water partition coefficient (Wildman–Crippen LogP) is 3.03. The van der Waals surface area contributed by atoms with Gasteiger partial charge in [-0.25, -0.2) is 0 Å². The molecule has 2 heteroatoms. The summed E-state index contributed by atoms with van der Waals surface area (Å²) in [6, 6.07) is 2.18. The minimum atomic E-state index is -0.589. The molecule has 1 N–H and O–H groups in total. The van der Waals surface area contributed by atoms with Crippen molar-refractivity contribution in [2.45, 2.75) is 52.6 Å². The number of aliphatic hydroxyl groups excluding tert-OH is 1. The van der Waals surface area contributed by atoms with Crippen molar-refractivity contribution >= 4 is 0 Å². The SMILES string of the molecule is CC1(C)C(O)C(C#N)=C[C@]2(C)CCCC[C@@H]12. The molecule has 0 aromatic rings. The summed E-state index contributed by atoms with van der Waals surface area (Å²) < 4.78 is 0. The monoisotopic (exact) mass is 219 g/mol. The first-order chi connectivity index (χ1) is 7.42. The van der Waals surface area contributed by atoms with Crippen LogP contribution in [0.25, 0.3) is 0 Å². The number of fused-ring (bicyclic) bond motifs is 1. The van der Waals surface area contributed by atoms with Gasteiger partial charge in [0.15, 0.2) is 0 Å². The average molecular weight is 219 g/mol. The molecular formula is C14H21NO. The third-order valence-corrected chi connectivity index (χ3v) is 4.77. The van der Waals surface area contributed by atoms with Crippen molar-refractivity contribution in [1.82, 2.24) is 0 Å². The molecule has 0 bridgehead atoms. The number of nitrogens with zero attached hydrogens (tertiary/aromatic N) is 1. The van der Waals surface area contributed by atoms with E-state index in [2.05, 4.69) is 26.8 Å². The van der Waals surface area contributed by atoms with Crippen molar-refractivity contribution in [3.8, 4) is 6.07 Å². The van der Waals surface area contributed by atoms with E-state index in [0.717, 1.165) is 6.42 Å². The van der Waals surface area contributed by atoms with Gasteiger partial charge in [0.25, 0.3) is 0 Å². The van der Waals surface area contributed by atoms with E-state index in [0.29, 0.717) is 11.5 Å². The molecule has 2 rings (SSSR count). The molecule has 2 aliphatic carbocycles. The maximum atomic E-state index is 10.3. The van der Waals surface area contributed by atoms with Gasteiger partial charge in [-0.15, -0.1) is 0 Å². The van der Waals surface area contributed by atoms with Crippen LogP contribution in [0.3, 0.4) is 0 Å². The summed E-state index contributed by atoms with van der Waals surface area (Å²) in [5.74, 6) is 0.501. The molecule has 0 aliphatic heterocycles. The highest BCUT2D eigenvalue weighted by atomic mass is 16.3. The summed E-state index contributed by atoms with van der Waals surface area (Å²) in [7, 11) is 0. The molecule has 0 radical (unpaired) electrons. The van der Waals surface area contributed by atoms with Crippen molar-refractivity contribution in [3.05, 3.63) is 11.6 Å². The van der Waals surface area contributed by atoms with Crippen molar-refractivity contribution in [2.75, 3.05) is 0 Å². The number of rotatable bonds is 0. The van der Waals surface area contributed by atoms with Crippen LogP contribution in [0.1, 0.15) is 46.5 Å². The Labute approximate surface area is 98.0 Å². The van der Waals surface area contributed by atoms with E-state index >= 15 is 0 Å². The second kappa shape index (κ2) is 3.60. The average Bonchev–Trinajstić information content (AvgIpc) is 2.24. The highest BCUT2D eigenvalue weighted by molar-refractivity contribution is 5.34. The van der Waals surface area contributed by atoms with Gasteiger partial charge in [0.2, 0.25) is 0 Å². The van der Waals surface area contributed by atoms with E-state index in [1.807, 2.05) is 6.08 Å². The van der Waals surface area contributed by atoms with E-state index in [-0.39, 0.29) is 10.8 Å². The van der Waals surface area contributed by atoms with Gasteiger partial charge in [0.1, 0.15) is 0 Å². The zero-order valence-corrected chi connectivity index (χ0v) is 10.5. The van der Waals surface area contributed by atoms with E-state index in [9.17, 15) is 5.11 Å². The van der Waals surface area contributed by atoms with E-state index in [4.69, 9.17) is 5.26 Å². The molecule has 0 amide bonds. The normalized spacial score (nSPS) is 41.8. The fraction of sp³-hybridized carbons (Fsp3) is 0.786. The molecule has 2 aliphatic rings. The largest absolute Gasteiger partial charge is 0.387 e. The van der Waals surface area contributed by atoms with Crippen LogP contribution in [0.5, 0.6) is 0 Å². The maximum absolute atomic E-state index is 10.3. The lowest BCUT2D eigenvalue weighted by Crippen LogP contribution is -2.50. The highest BCUT2D eigenvalue weighted by Crippen LogP contribution is 2.56. The smallest absolute Gasteiger partial charge is 0.0971 e. The third kappa shape index (κ3) is 1.50. The molecule has 1 fully saturated rings. The Morgan fingerprint density at radius 1 is 1.38 bits per heavy atom. The van der Waals surface area contributed by atoms with E-state index in [1.165, 1.54) is 19.3 Å². The standard InChI is InChI=1S/C14H21NO/c1-13(2)11-6-4-5-7-14(11,3)8-10(9-15)12(13)16/h8,11-12,16H,4-7H2,1-3H3/t11-,12?,14-/m0/s1. The molecule has 16 heavy (non-hydrogen) atoms. The molecule has 0 spiro atoms. The van der Waals surface area contributed by atoms with E-state index < -0.39 is 6.10 Å². The van der Waals surface area contributed by atoms with Gasteiger partial charge in [-0.1, -0.05) is 39.7 Å². The van der Waals surface area contributed by atoms with Crippen molar-refractivity contribution in [3.63, 3.8) is 0 Å². The minimum Gasteiger partial charge on any atom is -0.387 e. The van der Waals surface area contributed by atoms with Crippen LogP contribution < -0.4 is 0 Å². The Morgan fingerprint density at radius 3 is 2.69 bits per heavy atom. The zero-order valence-electron chi connectivity index (χ0n) is 10.5. The van der Waals surface area contributed by atoms with Crippen LogP contribution in [-0.2, 0) is 0 Å². The fourth-order valence-electron chi connectivity index (χ4n) is 3.87. The molecule has 0 heterocycles. The molecule has 0 aromatic carbocycles. The number of hydrogen-bond donors (Lipinski definition) is 1. The highest BCUT2D eigenvalue weighted by Gasteiger charge is 2.51. The van der Waals surface area contributed by atoms with Crippen LogP contribution in [0, 0.1) is 28.1 Å². The van der Waals surface area contributed by atoms with Crippen molar-refractivity contribution in [1.29, 1.82) is 5.26 Å². The Hall–Kier alpha value is -0.810. The summed E-state index contributed by atoms with van der Waals surface area (Å²) >= 11 is 0. The van der Waals surface area contributed by atoms with Crippen LogP contribution in [-0.4, -0.2) is 11.2 Å². The number of aliphatic hydroxyl groups is 1. The van der Waals surface area contributed by atoms with Gasteiger partial charge >= 0.3 is 0 Å². The van der Waals surface area contributed by atoms with Crippen molar-refractivity contribution < 1.29 is 5.11 Å². The summed E-state index contributed by atoms with van der Waals surface area (Å²) in [5, 5.41) is 19.4. The number of allylic oxidation sites excluding steroid dienone is 1. The summed E-state index contributed by atoms with van der Waals surface area (Å²) in [4.78, 5) is 0. The van der Waals surface area contributed by atoms with Gasteiger partial charge in [0, 0.05) is 0 Å². The Balaban J connectivity index is 2.48. The number of hydrogen-bond acceptors (Lipinski definition) is 2. The quantitative estimate of drug-likeness (QED) is 0.680. The summed E-state index contributed by atoms with van der Waals surface area (Å²) in [6.07, 6.45) is 6.29. The maximum Gasteiger partial charge on any atom is 0.0971 e. The van der Waals surface area contributed by atoms with Gasteiger partial charge in [-0.05, 0) is 29.6 Å². The topological polar surface area (TPSA) is 44.0 Å². The third-order valence-electron chi connectivity index (χ3n) is 4.77. The second-order valence-electron chi connectivity index (χ2n) is 6.24. The first-order valence-electron chi connectivity index (χ1n) is 6.23. The van der Waals surface area contributed by atoms with Gasteiger partial charge < -0.3 is 5.11 Å². The summed E-state index contributed by atoms with van der Waals surface area (Å²) in [5.41, 5.74) is 0.520. The molecule has 1 saturated carbocycles. The molecular weight excluding hydrogens is 198 g/mol. The Kier molecular flexibility index (Phi) is 2.62. The minimum absolute atomic E-state index is 0.117. The lowest BCUT2D eigenvalue weighted by atomic mass is 9.52. The van der Waals surface area contributed by atoms with Crippen LogP contribution >= 0.6 is 0 Å². The van der Waals surface area contributed by atoms with E-state index in [1.54, 1.807) is 0 Å². The van der Waals surface area contributed by atoms with Crippen LogP contribution in [0.4, 0.5) is 0 Å². The lowest BCUT2D eigenvalue weighted by molar-refractivity contribution is -0.0440. The molecule has 2 nitrogen and oxygen atoms in total. The predicted molar refractivity (Wildman–Crippen MR) is 63.5 cm³/mol. The molecule has 1 unspecified atom stereocenters. The fourth-order valence-corrected chi connectivity index (χ4v) is 3.87. The Bertz CT molecular complexity index is 363. The first-order valence-corrected chi connectivity index (χ1v) is 6.23. The molecule has 0 saturated heterocycles. The zero-order chi connectivity index (χ0) is 12.0. The molecule has 0 aromatic heterocycles. The van der Waals surface area contributed by atoms with Crippen LogP contribution in [0.2, 0.25) is 0 Å². The Morgan fingerprint density at radius 2 is 2.06 bits per heavy atom. The molecule has 3 atom stereocenters. The summed E-state index contributed by atoms with van der Waals surface area (Å²) in [6.45, 7) is 6.47. The van der Waals surface area contributed by atoms with Gasteiger partial charge in [0.05, 0.1) is 17.7 Å². The number of nitriles is 1. The van der Waals surface area contributed by atoms with Crippen molar-refractivity contribution in [2.24, 2.45) is 16.7 Å². The lowest BCUT2D eigenvalue weighted by Gasteiger charge is -2.53. The first kappa shape index (κ1) is 11.7. The van der Waals surface area contributed by atoms with Crippen LogP contribution in [0.15, 0.2) is 11.6 Å². The second-order valence-corrected chi connectivity index (χ2v) is 6.24. The van der Waals surface area contributed by atoms with Gasteiger partial charge in [-0.2, -0.15) is 5.26 Å².